The number of benzene rings is 1. The number of rotatable bonds is 5. The summed E-state index contributed by atoms with van der Waals surface area (Å²) in [6, 6.07) is 5.95. The molecule has 4 nitrogen and oxygen atoms in total. The average Bonchev–Trinajstić information content (AvgIpc) is 2.27. The molecule has 0 radical (unpaired) electrons. The van der Waals surface area contributed by atoms with Crippen LogP contribution in [0.25, 0.3) is 0 Å². The normalized spacial score (nSPS) is 13.6. The van der Waals surface area contributed by atoms with E-state index in [-0.39, 0.29) is 5.75 Å². The van der Waals surface area contributed by atoms with Gasteiger partial charge in [0.1, 0.15) is 23.7 Å². The lowest BCUT2D eigenvalue weighted by Gasteiger charge is -2.21. The fourth-order valence-corrected chi connectivity index (χ4v) is 1.44. The minimum absolute atomic E-state index is 0.145. The van der Waals surface area contributed by atoms with Crippen LogP contribution in [-0.2, 0) is 4.79 Å². The van der Waals surface area contributed by atoms with Gasteiger partial charge in [0.25, 0.3) is 0 Å². The van der Waals surface area contributed by atoms with Gasteiger partial charge in [-0.1, -0.05) is 0 Å². The van der Waals surface area contributed by atoms with Crippen LogP contribution in [0.5, 0.6) is 11.5 Å². The first-order valence-electron chi connectivity index (χ1n) is 6.20. The van der Waals surface area contributed by atoms with E-state index in [2.05, 4.69) is 0 Å². The van der Waals surface area contributed by atoms with Crippen molar-refractivity contribution in [1.29, 1.82) is 0 Å². The van der Waals surface area contributed by atoms with Crippen LogP contribution in [0, 0.1) is 5.92 Å². The minimum Gasteiger partial charge on any atom is -0.492 e. The first kappa shape index (κ1) is 17.1. The van der Waals surface area contributed by atoms with Crippen molar-refractivity contribution in [1.82, 2.24) is 0 Å². The molecule has 1 aromatic rings. The lowest BCUT2D eigenvalue weighted by atomic mass is 10.1. The molecule has 0 amide bonds. The molecule has 1 N–H and O–H groups in total. The Balaban J connectivity index is 2.66. The van der Waals surface area contributed by atoms with Gasteiger partial charge in [0, 0.05) is 0 Å². The molecular formula is C14H17F3O4. The fraction of sp³-hybridized carbons (Fsp3) is 0.500. The number of carbonyl (C=O) groups is 1. The molecule has 118 valence electrons. The van der Waals surface area contributed by atoms with Gasteiger partial charge in [0.05, 0.1) is 0 Å². The van der Waals surface area contributed by atoms with Gasteiger partial charge in [-0.3, -0.25) is 4.79 Å². The summed E-state index contributed by atoms with van der Waals surface area (Å²) in [5.41, 5.74) is -0.396. The van der Waals surface area contributed by atoms with Crippen LogP contribution >= 0.6 is 0 Å². The van der Waals surface area contributed by atoms with Gasteiger partial charge in [-0.2, -0.15) is 13.2 Å². The Bertz CT molecular complexity index is 474. The van der Waals surface area contributed by atoms with Crippen molar-refractivity contribution in [3.63, 3.8) is 0 Å². The highest BCUT2D eigenvalue weighted by Crippen LogP contribution is 2.28. The van der Waals surface area contributed by atoms with Gasteiger partial charge in [-0.25, -0.2) is 0 Å². The highest BCUT2D eigenvalue weighted by atomic mass is 19.4. The van der Waals surface area contributed by atoms with E-state index in [1.165, 1.54) is 12.1 Å². The summed E-state index contributed by atoms with van der Waals surface area (Å²) in [4.78, 5) is 10.6. The van der Waals surface area contributed by atoms with E-state index in [0.717, 1.165) is 0 Å². The highest BCUT2D eigenvalue weighted by Gasteiger charge is 2.45. The first-order valence-corrected chi connectivity index (χ1v) is 6.20. The van der Waals surface area contributed by atoms with E-state index in [4.69, 9.17) is 14.6 Å². The summed E-state index contributed by atoms with van der Waals surface area (Å²) in [5, 5.41) is 8.54. The largest absolute Gasteiger partial charge is 0.492 e. The maximum absolute atomic E-state index is 12.4. The number of halogens is 3. The molecule has 0 heterocycles. The quantitative estimate of drug-likeness (QED) is 0.904. The summed E-state index contributed by atoms with van der Waals surface area (Å²) in [6.07, 6.45) is -4.85. The van der Waals surface area contributed by atoms with Crippen molar-refractivity contribution in [3.8, 4) is 11.5 Å². The molecule has 0 aliphatic carbocycles. The molecule has 1 aromatic carbocycles. The number of hydrogen-bond donors (Lipinski definition) is 1. The fourth-order valence-electron chi connectivity index (χ4n) is 1.44. The second-order valence-corrected chi connectivity index (χ2v) is 5.43. The zero-order valence-electron chi connectivity index (χ0n) is 11.9. The molecule has 0 aliphatic rings. The molecular weight excluding hydrogens is 289 g/mol. The van der Waals surface area contributed by atoms with Gasteiger partial charge in [0.15, 0.2) is 5.92 Å². The summed E-state index contributed by atoms with van der Waals surface area (Å²) >= 11 is 0. The lowest BCUT2D eigenvalue weighted by molar-refractivity contribution is -0.198. The molecule has 0 bridgehead atoms. The van der Waals surface area contributed by atoms with Gasteiger partial charge in [-0.05, 0) is 45.0 Å². The minimum atomic E-state index is -4.85. The van der Waals surface area contributed by atoms with Crippen molar-refractivity contribution in [2.24, 2.45) is 5.92 Å². The lowest BCUT2D eigenvalue weighted by Crippen LogP contribution is -2.35. The zero-order chi connectivity index (χ0) is 16.3. The summed E-state index contributed by atoms with van der Waals surface area (Å²) in [7, 11) is 0. The van der Waals surface area contributed by atoms with Crippen LogP contribution in [-0.4, -0.2) is 29.5 Å². The number of carboxylic acids is 1. The van der Waals surface area contributed by atoms with Crippen LogP contribution in [0.2, 0.25) is 0 Å². The van der Waals surface area contributed by atoms with Gasteiger partial charge < -0.3 is 14.6 Å². The second-order valence-electron chi connectivity index (χ2n) is 5.43. The topological polar surface area (TPSA) is 55.8 Å². The molecule has 0 saturated heterocycles. The molecule has 7 heteroatoms. The van der Waals surface area contributed by atoms with Crippen LogP contribution in [0.1, 0.15) is 20.8 Å². The predicted molar refractivity (Wildman–Crippen MR) is 69.5 cm³/mol. The van der Waals surface area contributed by atoms with Crippen molar-refractivity contribution >= 4 is 5.97 Å². The number of carboxylic acid groups (broad SMARTS) is 1. The Morgan fingerprint density at radius 2 is 1.62 bits per heavy atom. The molecule has 1 atom stereocenters. The summed E-state index contributed by atoms with van der Waals surface area (Å²) in [5.74, 6) is -3.83. The second kappa shape index (κ2) is 6.24. The monoisotopic (exact) mass is 306 g/mol. The molecule has 0 spiro atoms. The number of alkyl halides is 3. The van der Waals surface area contributed by atoms with E-state index in [1.807, 2.05) is 20.8 Å². The summed E-state index contributed by atoms with van der Waals surface area (Å²) in [6.45, 7) is 4.60. The van der Waals surface area contributed by atoms with Crippen LogP contribution < -0.4 is 9.47 Å². The average molecular weight is 306 g/mol. The third kappa shape index (κ3) is 5.93. The molecule has 21 heavy (non-hydrogen) atoms. The molecule has 0 fully saturated rings. The number of aliphatic carboxylic acids is 1. The third-order valence-corrected chi connectivity index (χ3v) is 2.36. The van der Waals surface area contributed by atoms with Gasteiger partial charge >= 0.3 is 12.1 Å². The van der Waals surface area contributed by atoms with Crippen molar-refractivity contribution in [3.05, 3.63) is 24.3 Å². The maximum atomic E-state index is 12.4. The molecule has 0 aliphatic heterocycles. The molecule has 0 saturated carbocycles. The van der Waals surface area contributed by atoms with Crippen LogP contribution in [0.3, 0.4) is 0 Å². The van der Waals surface area contributed by atoms with E-state index < -0.39 is 30.3 Å². The van der Waals surface area contributed by atoms with Gasteiger partial charge in [0.2, 0.25) is 0 Å². The van der Waals surface area contributed by atoms with Crippen LogP contribution in [0.15, 0.2) is 24.3 Å². The first-order chi connectivity index (χ1) is 9.49. The number of ether oxygens (including phenoxy) is 2. The van der Waals surface area contributed by atoms with Gasteiger partial charge in [-0.15, -0.1) is 0 Å². The highest BCUT2D eigenvalue weighted by molar-refractivity contribution is 5.71. The molecule has 0 aromatic heterocycles. The Labute approximate surface area is 120 Å². The Kier molecular flexibility index (Phi) is 5.09. The van der Waals surface area contributed by atoms with Crippen LogP contribution in [0.4, 0.5) is 13.2 Å². The summed E-state index contributed by atoms with van der Waals surface area (Å²) < 4.78 is 47.8. The number of hydrogen-bond acceptors (Lipinski definition) is 3. The van der Waals surface area contributed by atoms with Crippen molar-refractivity contribution in [2.45, 2.75) is 32.5 Å². The van der Waals surface area contributed by atoms with E-state index >= 15 is 0 Å². The van der Waals surface area contributed by atoms with E-state index in [0.29, 0.717) is 5.75 Å². The Morgan fingerprint density at radius 3 is 2.00 bits per heavy atom. The van der Waals surface area contributed by atoms with E-state index in [9.17, 15) is 18.0 Å². The Morgan fingerprint density at radius 1 is 1.14 bits per heavy atom. The Hall–Kier alpha value is -1.92. The third-order valence-electron chi connectivity index (χ3n) is 2.36. The SMILES string of the molecule is CC(C)(C)Oc1ccc(OCC(C(=O)O)C(F)(F)F)cc1. The molecule has 1 rings (SSSR count). The molecule has 1 unspecified atom stereocenters. The standard InChI is InChI=1S/C14H17F3O4/c1-13(2,3)21-10-6-4-9(5-7-10)20-8-11(12(18)19)14(15,16)17/h4-7,11H,8H2,1-3H3,(H,18,19). The predicted octanol–water partition coefficient (Wildman–Crippen LogP) is 3.51. The smallest absolute Gasteiger partial charge is 0.405 e. The maximum Gasteiger partial charge on any atom is 0.405 e. The van der Waals surface area contributed by atoms with Crippen molar-refractivity contribution < 1.29 is 32.5 Å². The zero-order valence-corrected chi connectivity index (χ0v) is 11.9. The van der Waals surface area contributed by atoms with E-state index in [1.54, 1.807) is 12.1 Å². The van der Waals surface area contributed by atoms with Crippen molar-refractivity contribution in [2.75, 3.05) is 6.61 Å².